The number of amides is 1. The van der Waals surface area contributed by atoms with Crippen LogP contribution in [-0.4, -0.2) is 66.6 Å². The molecule has 1 fully saturated rings. The molecule has 1 aliphatic heterocycles. The molecular formula is C20H26F6N2O2. The van der Waals surface area contributed by atoms with Crippen molar-refractivity contribution in [3.8, 4) is 0 Å². The molecule has 30 heavy (non-hydrogen) atoms. The van der Waals surface area contributed by atoms with Crippen molar-refractivity contribution in [3.63, 3.8) is 0 Å². The summed E-state index contributed by atoms with van der Waals surface area (Å²) in [7, 11) is 1.85. The lowest BCUT2D eigenvalue weighted by Gasteiger charge is -2.45. The number of ether oxygens (including phenoxy) is 1. The number of likely N-dealkylation sites (tertiary alicyclic amines) is 1. The van der Waals surface area contributed by atoms with E-state index in [1.165, 1.54) is 0 Å². The van der Waals surface area contributed by atoms with Crippen LogP contribution in [0.3, 0.4) is 0 Å². The van der Waals surface area contributed by atoms with Gasteiger partial charge in [0.15, 0.2) is 0 Å². The Labute approximate surface area is 172 Å². The first kappa shape index (κ1) is 25.8. The number of likely N-dealkylation sites (N-methyl/N-ethyl adjacent to an activating group) is 1. The summed E-state index contributed by atoms with van der Waals surface area (Å²) < 4.78 is 79.3. The molecule has 0 radical (unpaired) electrons. The molecule has 0 aromatic heterocycles. The van der Waals surface area contributed by atoms with Crippen LogP contribution in [-0.2, 0) is 4.74 Å². The van der Waals surface area contributed by atoms with E-state index < -0.39 is 30.1 Å². The number of nitrogens with zero attached hydrogens (tertiary/aromatic N) is 2. The van der Waals surface area contributed by atoms with Gasteiger partial charge in [0.2, 0.25) is 0 Å². The second-order valence-corrected chi connectivity index (χ2v) is 7.25. The molecule has 10 heteroatoms. The lowest BCUT2D eigenvalue weighted by atomic mass is 9.87. The van der Waals surface area contributed by atoms with Crippen molar-refractivity contribution in [2.24, 2.45) is 0 Å². The molecule has 1 rings (SSSR count). The van der Waals surface area contributed by atoms with Crippen LogP contribution >= 0.6 is 0 Å². The van der Waals surface area contributed by atoms with Crippen LogP contribution in [0.25, 0.3) is 0 Å². The first-order chi connectivity index (χ1) is 13.7. The number of allylic oxidation sites excluding steroid dienone is 4. The summed E-state index contributed by atoms with van der Waals surface area (Å²) in [5.41, 5.74) is 0.506. The molecule has 0 aliphatic carbocycles. The topological polar surface area (TPSA) is 32.8 Å². The Balaban J connectivity index is 2.75. The third-order valence-corrected chi connectivity index (χ3v) is 5.07. The van der Waals surface area contributed by atoms with E-state index in [0.717, 1.165) is 10.5 Å². The number of rotatable bonds is 7. The zero-order valence-corrected chi connectivity index (χ0v) is 16.9. The summed E-state index contributed by atoms with van der Waals surface area (Å²) in [5, 5.41) is 0. The van der Waals surface area contributed by atoms with Crippen LogP contribution in [0.1, 0.15) is 19.8 Å². The molecule has 0 saturated carbocycles. The number of piperidine rings is 1. The summed E-state index contributed by atoms with van der Waals surface area (Å²) >= 11 is 0. The van der Waals surface area contributed by atoms with E-state index in [0.29, 0.717) is 19.4 Å². The van der Waals surface area contributed by atoms with Gasteiger partial charge in [-0.3, -0.25) is 4.90 Å². The number of hydrogen-bond donors (Lipinski definition) is 0. The molecular weight excluding hydrogens is 414 g/mol. The van der Waals surface area contributed by atoms with E-state index in [2.05, 4.69) is 17.9 Å². The average Bonchev–Trinajstić information content (AvgIpc) is 2.63. The van der Waals surface area contributed by atoms with Gasteiger partial charge in [-0.15, -0.1) is 0 Å². The Morgan fingerprint density at radius 2 is 1.67 bits per heavy atom. The Morgan fingerprint density at radius 1 is 1.13 bits per heavy atom. The Kier molecular flexibility index (Phi) is 8.76. The fourth-order valence-electron chi connectivity index (χ4n) is 2.96. The maximum atomic E-state index is 12.6. The van der Waals surface area contributed by atoms with Gasteiger partial charge in [-0.2, -0.15) is 26.3 Å². The molecule has 0 spiro atoms. The van der Waals surface area contributed by atoms with E-state index >= 15 is 0 Å². The summed E-state index contributed by atoms with van der Waals surface area (Å²) in [5.74, 6) is 0. The smallest absolute Gasteiger partial charge is 0.426 e. The van der Waals surface area contributed by atoms with Gasteiger partial charge < -0.3 is 9.64 Å². The maximum absolute atomic E-state index is 12.6. The molecule has 1 amide bonds. The average molecular weight is 440 g/mol. The fraction of sp³-hybridized carbons (Fsp3) is 0.550. The highest BCUT2D eigenvalue weighted by Crippen LogP contribution is 2.36. The van der Waals surface area contributed by atoms with Gasteiger partial charge in [-0.25, -0.2) is 4.79 Å². The second-order valence-electron chi connectivity index (χ2n) is 7.25. The SMILES string of the molecule is C=C/C=C\C=C(/C=C)CN(C)C1(C)CCN(C(=O)OC(C(F)(F)F)C(F)(F)F)CC1. The normalized spacial score (nSPS) is 18.2. The molecule has 1 aliphatic rings. The number of halogens is 6. The lowest BCUT2D eigenvalue weighted by Crippen LogP contribution is -2.55. The summed E-state index contributed by atoms with van der Waals surface area (Å²) in [6.45, 7) is 9.73. The Bertz CT molecular complexity index is 660. The molecule has 0 unspecified atom stereocenters. The standard InChI is InChI=1S/C20H26F6N2O2/c1-5-7-8-9-15(6-2)14-27(4)18(3)10-12-28(13-11-18)17(29)30-16(19(21,22)23)20(24,25)26/h5-9,16H,1-2,10-14H2,3-4H3/b8-7-,15-9+. The maximum Gasteiger partial charge on any atom is 0.434 e. The molecule has 0 N–H and O–H groups in total. The van der Waals surface area contributed by atoms with E-state index in [9.17, 15) is 31.1 Å². The molecule has 1 saturated heterocycles. The van der Waals surface area contributed by atoms with Crippen molar-refractivity contribution in [2.75, 3.05) is 26.7 Å². The van der Waals surface area contributed by atoms with Gasteiger partial charge in [-0.1, -0.05) is 43.5 Å². The van der Waals surface area contributed by atoms with E-state index in [-0.39, 0.29) is 13.1 Å². The molecule has 1 heterocycles. The van der Waals surface area contributed by atoms with Crippen LogP contribution in [0.15, 0.2) is 49.1 Å². The predicted molar refractivity (Wildman–Crippen MR) is 102 cm³/mol. The van der Waals surface area contributed by atoms with Crippen molar-refractivity contribution < 1.29 is 35.9 Å². The van der Waals surface area contributed by atoms with Gasteiger partial charge in [0.05, 0.1) is 0 Å². The molecule has 0 atom stereocenters. The Morgan fingerprint density at radius 3 is 2.10 bits per heavy atom. The highest BCUT2D eigenvalue weighted by molar-refractivity contribution is 5.68. The predicted octanol–water partition coefficient (Wildman–Crippen LogP) is 5.26. The largest absolute Gasteiger partial charge is 0.434 e. The third-order valence-electron chi connectivity index (χ3n) is 5.07. The van der Waals surface area contributed by atoms with Crippen LogP contribution in [0.4, 0.5) is 31.1 Å². The van der Waals surface area contributed by atoms with Gasteiger partial charge >= 0.3 is 18.4 Å². The lowest BCUT2D eigenvalue weighted by molar-refractivity contribution is -0.308. The van der Waals surface area contributed by atoms with Crippen molar-refractivity contribution in [1.29, 1.82) is 0 Å². The molecule has 0 aromatic carbocycles. The van der Waals surface area contributed by atoms with E-state index in [1.54, 1.807) is 24.3 Å². The zero-order chi connectivity index (χ0) is 23.2. The van der Waals surface area contributed by atoms with Gasteiger partial charge in [-0.05, 0) is 32.4 Å². The van der Waals surface area contributed by atoms with Crippen LogP contribution < -0.4 is 0 Å². The van der Waals surface area contributed by atoms with Gasteiger partial charge in [0, 0.05) is 25.2 Å². The minimum Gasteiger partial charge on any atom is -0.426 e. The quantitative estimate of drug-likeness (QED) is 0.400. The summed E-state index contributed by atoms with van der Waals surface area (Å²) in [6.07, 6.45) is -7.79. The second kappa shape index (κ2) is 10.2. The molecule has 0 aromatic rings. The number of carbonyl (C=O) groups is 1. The zero-order valence-electron chi connectivity index (χ0n) is 16.9. The van der Waals surface area contributed by atoms with Crippen molar-refractivity contribution in [2.45, 2.75) is 43.8 Å². The first-order valence-electron chi connectivity index (χ1n) is 9.15. The number of alkyl halides is 6. The molecule has 4 nitrogen and oxygen atoms in total. The van der Waals surface area contributed by atoms with Crippen molar-refractivity contribution in [1.82, 2.24) is 9.80 Å². The molecule has 170 valence electrons. The monoisotopic (exact) mass is 440 g/mol. The number of hydrogen-bond acceptors (Lipinski definition) is 3. The minimum atomic E-state index is -5.73. The molecule has 0 bridgehead atoms. The van der Waals surface area contributed by atoms with Crippen molar-refractivity contribution in [3.05, 3.63) is 49.1 Å². The number of carbonyl (C=O) groups excluding carboxylic acids is 1. The van der Waals surface area contributed by atoms with Gasteiger partial charge in [0.1, 0.15) is 0 Å². The van der Waals surface area contributed by atoms with Crippen LogP contribution in [0.2, 0.25) is 0 Å². The summed E-state index contributed by atoms with van der Waals surface area (Å²) in [4.78, 5) is 14.8. The van der Waals surface area contributed by atoms with Gasteiger partial charge in [0.25, 0.3) is 6.10 Å². The minimum absolute atomic E-state index is 0.0222. The Hall–Kier alpha value is -2.23. The van der Waals surface area contributed by atoms with Crippen LogP contribution in [0.5, 0.6) is 0 Å². The van der Waals surface area contributed by atoms with Crippen molar-refractivity contribution >= 4 is 6.09 Å². The van der Waals surface area contributed by atoms with E-state index in [4.69, 9.17) is 0 Å². The first-order valence-corrected chi connectivity index (χ1v) is 9.15. The fourth-order valence-corrected chi connectivity index (χ4v) is 2.96. The van der Waals surface area contributed by atoms with E-state index in [1.807, 2.05) is 24.9 Å². The summed E-state index contributed by atoms with van der Waals surface area (Å²) in [6, 6.07) is 0. The highest BCUT2D eigenvalue weighted by atomic mass is 19.4. The third kappa shape index (κ3) is 7.23. The van der Waals surface area contributed by atoms with Crippen LogP contribution in [0, 0.1) is 0 Å². The highest BCUT2D eigenvalue weighted by Gasteiger charge is 2.60.